The Kier molecular flexibility index (Phi) is 5.16. The van der Waals surface area contributed by atoms with E-state index in [-0.39, 0.29) is 5.91 Å². The van der Waals surface area contributed by atoms with Gasteiger partial charge in [-0.1, -0.05) is 26.0 Å². The van der Waals surface area contributed by atoms with Gasteiger partial charge in [0, 0.05) is 25.7 Å². The lowest BCUT2D eigenvalue weighted by atomic mass is 10.1. The first-order chi connectivity index (χ1) is 8.04. The number of benzene rings is 1. The van der Waals surface area contributed by atoms with E-state index in [2.05, 4.69) is 13.8 Å². The average molecular weight is 234 g/mol. The van der Waals surface area contributed by atoms with Gasteiger partial charge in [-0.15, -0.1) is 0 Å². The number of hydrogen-bond acceptors (Lipinski definition) is 2. The number of rotatable bonds is 5. The van der Waals surface area contributed by atoms with Crippen molar-refractivity contribution in [2.75, 3.05) is 13.6 Å². The molecule has 0 atom stereocenters. The maximum atomic E-state index is 12.1. The molecule has 0 aliphatic rings. The molecule has 0 aliphatic carbocycles. The number of amides is 1. The fourth-order valence-electron chi connectivity index (χ4n) is 1.56. The minimum atomic E-state index is 0.0780. The van der Waals surface area contributed by atoms with Crippen LogP contribution in [0.4, 0.5) is 0 Å². The first-order valence-electron chi connectivity index (χ1n) is 6.09. The Bertz CT molecular complexity index is 357. The molecule has 0 saturated carbocycles. The Balaban J connectivity index is 2.61. The van der Waals surface area contributed by atoms with Crippen LogP contribution in [-0.4, -0.2) is 24.4 Å². The first-order valence-corrected chi connectivity index (χ1v) is 6.09. The number of carbonyl (C=O) groups excluding carboxylic acids is 1. The highest BCUT2D eigenvalue weighted by Crippen LogP contribution is 2.08. The van der Waals surface area contributed by atoms with E-state index in [9.17, 15) is 4.79 Å². The van der Waals surface area contributed by atoms with Gasteiger partial charge in [-0.05, 0) is 30.0 Å². The average Bonchev–Trinajstić information content (AvgIpc) is 2.35. The van der Waals surface area contributed by atoms with Gasteiger partial charge in [-0.2, -0.15) is 0 Å². The Labute approximate surface area is 104 Å². The van der Waals surface area contributed by atoms with Crippen molar-refractivity contribution in [2.24, 2.45) is 11.7 Å². The largest absolute Gasteiger partial charge is 0.342 e. The summed E-state index contributed by atoms with van der Waals surface area (Å²) in [6.07, 6.45) is 1.03. The van der Waals surface area contributed by atoms with Gasteiger partial charge in [0.15, 0.2) is 0 Å². The summed E-state index contributed by atoms with van der Waals surface area (Å²) in [6, 6.07) is 7.50. The normalized spacial score (nSPS) is 10.6. The molecule has 94 valence electrons. The van der Waals surface area contributed by atoms with Gasteiger partial charge in [0.1, 0.15) is 0 Å². The summed E-state index contributed by atoms with van der Waals surface area (Å²) in [7, 11) is 1.85. The van der Waals surface area contributed by atoms with Gasteiger partial charge in [0.25, 0.3) is 5.91 Å². The van der Waals surface area contributed by atoms with E-state index in [0.717, 1.165) is 24.1 Å². The van der Waals surface area contributed by atoms with Crippen LogP contribution >= 0.6 is 0 Å². The Morgan fingerprint density at radius 1 is 1.29 bits per heavy atom. The van der Waals surface area contributed by atoms with Crippen LogP contribution in [0.15, 0.2) is 24.3 Å². The molecule has 1 aromatic carbocycles. The zero-order chi connectivity index (χ0) is 12.8. The van der Waals surface area contributed by atoms with Gasteiger partial charge >= 0.3 is 0 Å². The minimum absolute atomic E-state index is 0.0780. The van der Waals surface area contributed by atoms with E-state index in [4.69, 9.17) is 5.73 Å². The summed E-state index contributed by atoms with van der Waals surface area (Å²) in [5.41, 5.74) is 7.30. The molecule has 0 heterocycles. The summed E-state index contributed by atoms with van der Waals surface area (Å²) < 4.78 is 0. The molecule has 2 N–H and O–H groups in total. The topological polar surface area (TPSA) is 46.3 Å². The van der Waals surface area contributed by atoms with Crippen LogP contribution in [0, 0.1) is 5.92 Å². The quantitative estimate of drug-likeness (QED) is 0.849. The third kappa shape index (κ3) is 4.19. The van der Waals surface area contributed by atoms with E-state index in [1.54, 1.807) is 4.90 Å². The third-order valence-electron chi connectivity index (χ3n) is 2.83. The number of carbonyl (C=O) groups is 1. The van der Waals surface area contributed by atoms with Crippen LogP contribution in [-0.2, 0) is 6.54 Å². The van der Waals surface area contributed by atoms with Gasteiger partial charge in [-0.3, -0.25) is 4.79 Å². The van der Waals surface area contributed by atoms with Crippen molar-refractivity contribution in [3.63, 3.8) is 0 Å². The van der Waals surface area contributed by atoms with Crippen LogP contribution < -0.4 is 5.73 Å². The van der Waals surface area contributed by atoms with Crippen LogP contribution in [0.25, 0.3) is 0 Å². The third-order valence-corrected chi connectivity index (χ3v) is 2.83. The number of nitrogens with two attached hydrogens (primary N) is 1. The fraction of sp³-hybridized carbons (Fsp3) is 0.500. The van der Waals surface area contributed by atoms with E-state index >= 15 is 0 Å². The molecule has 1 amide bonds. The lowest BCUT2D eigenvalue weighted by molar-refractivity contribution is 0.0789. The summed E-state index contributed by atoms with van der Waals surface area (Å²) in [5.74, 6) is 0.694. The molecular formula is C14H22N2O. The summed E-state index contributed by atoms with van der Waals surface area (Å²) in [6.45, 7) is 5.63. The van der Waals surface area contributed by atoms with Gasteiger partial charge in [0.2, 0.25) is 0 Å². The van der Waals surface area contributed by atoms with Gasteiger partial charge in [-0.25, -0.2) is 0 Å². The molecule has 0 radical (unpaired) electrons. The molecule has 3 heteroatoms. The molecule has 0 aliphatic heterocycles. The second kappa shape index (κ2) is 6.40. The highest BCUT2D eigenvalue weighted by Gasteiger charge is 2.11. The van der Waals surface area contributed by atoms with Gasteiger partial charge < -0.3 is 10.6 Å². The molecule has 0 aromatic heterocycles. The van der Waals surface area contributed by atoms with Crippen LogP contribution in [0.2, 0.25) is 0 Å². The molecule has 0 bridgehead atoms. The zero-order valence-corrected chi connectivity index (χ0v) is 10.9. The predicted molar refractivity (Wildman–Crippen MR) is 70.7 cm³/mol. The van der Waals surface area contributed by atoms with Crippen LogP contribution in [0.5, 0.6) is 0 Å². The Morgan fingerprint density at radius 2 is 1.88 bits per heavy atom. The molecule has 3 nitrogen and oxygen atoms in total. The molecule has 1 rings (SSSR count). The van der Waals surface area contributed by atoms with Crippen molar-refractivity contribution in [2.45, 2.75) is 26.8 Å². The Hall–Kier alpha value is -1.35. The van der Waals surface area contributed by atoms with Crippen LogP contribution in [0.1, 0.15) is 36.2 Å². The zero-order valence-electron chi connectivity index (χ0n) is 10.9. The first kappa shape index (κ1) is 13.7. The van der Waals surface area contributed by atoms with E-state index in [0.29, 0.717) is 12.5 Å². The lowest BCUT2D eigenvalue weighted by Crippen LogP contribution is -2.28. The highest BCUT2D eigenvalue weighted by molar-refractivity contribution is 5.94. The Morgan fingerprint density at radius 3 is 2.35 bits per heavy atom. The second-order valence-corrected chi connectivity index (χ2v) is 4.81. The van der Waals surface area contributed by atoms with Crippen LogP contribution in [0.3, 0.4) is 0 Å². The molecule has 17 heavy (non-hydrogen) atoms. The molecule has 0 spiro atoms. The summed E-state index contributed by atoms with van der Waals surface area (Å²) >= 11 is 0. The van der Waals surface area contributed by atoms with Crippen molar-refractivity contribution in [1.82, 2.24) is 4.90 Å². The van der Waals surface area contributed by atoms with Gasteiger partial charge in [0.05, 0.1) is 0 Å². The molecular weight excluding hydrogens is 212 g/mol. The SMILES string of the molecule is CC(C)CCN(C)C(=O)c1ccc(CN)cc1. The number of nitrogens with zero attached hydrogens (tertiary/aromatic N) is 1. The van der Waals surface area contributed by atoms with Crippen molar-refractivity contribution in [1.29, 1.82) is 0 Å². The summed E-state index contributed by atoms with van der Waals surface area (Å²) in [5, 5.41) is 0. The predicted octanol–water partition coefficient (Wildman–Crippen LogP) is 2.26. The van der Waals surface area contributed by atoms with E-state index in [1.807, 2.05) is 31.3 Å². The van der Waals surface area contributed by atoms with E-state index < -0.39 is 0 Å². The maximum absolute atomic E-state index is 12.1. The molecule has 0 unspecified atom stereocenters. The van der Waals surface area contributed by atoms with Crippen molar-refractivity contribution in [3.05, 3.63) is 35.4 Å². The van der Waals surface area contributed by atoms with Crippen molar-refractivity contribution < 1.29 is 4.79 Å². The molecule has 0 saturated heterocycles. The fourth-order valence-corrected chi connectivity index (χ4v) is 1.56. The maximum Gasteiger partial charge on any atom is 0.253 e. The lowest BCUT2D eigenvalue weighted by Gasteiger charge is -2.18. The number of hydrogen-bond donors (Lipinski definition) is 1. The van der Waals surface area contributed by atoms with Crippen molar-refractivity contribution in [3.8, 4) is 0 Å². The van der Waals surface area contributed by atoms with Crippen molar-refractivity contribution >= 4 is 5.91 Å². The monoisotopic (exact) mass is 234 g/mol. The second-order valence-electron chi connectivity index (χ2n) is 4.81. The standard InChI is InChI=1S/C14H22N2O/c1-11(2)8-9-16(3)14(17)13-6-4-12(10-15)5-7-13/h4-7,11H,8-10,15H2,1-3H3. The summed E-state index contributed by atoms with van der Waals surface area (Å²) in [4.78, 5) is 13.8. The van der Waals surface area contributed by atoms with E-state index in [1.165, 1.54) is 0 Å². The smallest absolute Gasteiger partial charge is 0.253 e. The molecule has 1 aromatic rings. The minimum Gasteiger partial charge on any atom is -0.342 e. The molecule has 0 fully saturated rings. The highest BCUT2D eigenvalue weighted by atomic mass is 16.2.